The molecule has 2 rings (SSSR count). The van der Waals surface area contributed by atoms with Gasteiger partial charge >= 0.3 is 5.97 Å². The normalized spacial score (nSPS) is 11.4. The van der Waals surface area contributed by atoms with E-state index in [1.54, 1.807) is 12.1 Å². The molecule has 2 aromatic carbocycles. The lowest BCUT2D eigenvalue weighted by molar-refractivity contribution is 0.0446. The molecule has 0 aliphatic rings. The highest BCUT2D eigenvalue weighted by atomic mass is 32.2. The molecule has 0 radical (unpaired) electrons. The van der Waals surface area contributed by atoms with Crippen LogP contribution in [0, 0.1) is 6.92 Å². The molecule has 0 bridgehead atoms. The Morgan fingerprint density at radius 3 is 2.38 bits per heavy atom. The highest BCUT2D eigenvalue weighted by Gasteiger charge is 2.19. The van der Waals surface area contributed by atoms with Crippen molar-refractivity contribution in [2.45, 2.75) is 31.6 Å². The largest absolute Gasteiger partial charge is 0.490 e. The quantitative estimate of drug-likeness (QED) is 0.544. The van der Waals surface area contributed by atoms with Crippen LogP contribution in [0.4, 0.5) is 0 Å². The predicted molar refractivity (Wildman–Crippen MR) is 101 cm³/mol. The fourth-order valence-electron chi connectivity index (χ4n) is 2.72. The van der Waals surface area contributed by atoms with Crippen LogP contribution >= 0.6 is 0 Å². The first-order chi connectivity index (χ1) is 12.2. The van der Waals surface area contributed by atoms with Crippen LogP contribution in [0.25, 0.3) is 0 Å². The zero-order valence-corrected chi connectivity index (χ0v) is 16.3. The van der Waals surface area contributed by atoms with Gasteiger partial charge in [-0.3, -0.25) is 0 Å². The van der Waals surface area contributed by atoms with Crippen molar-refractivity contribution in [3.63, 3.8) is 0 Å². The van der Waals surface area contributed by atoms with Crippen molar-refractivity contribution in [1.29, 1.82) is 0 Å². The van der Waals surface area contributed by atoms with Gasteiger partial charge in [0.05, 0.1) is 10.5 Å². The molecule has 0 spiro atoms. The molecule has 0 saturated heterocycles. The van der Waals surface area contributed by atoms with Crippen molar-refractivity contribution in [3.8, 4) is 5.75 Å². The van der Waals surface area contributed by atoms with Crippen molar-refractivity contribution in [1.82, 2.24) is 0 Å². The summed E-state index contributed by atoms with van der Waals surface area (Å²) in [6.07, 6.45) is 1.06. The van der Waals surface area contributed by atoms with Gasteiger partial charge in [-0.2, -0.15) is 0 Å². The molecule has 6 heteroatoms. The van der Waals surface area contributed by atoms with Crippen molar-refractivity contribution in [2.75, 3.05) is 19.5 Å². The third-order valence-corrected chi connectivity index (χ3v) is 5.11. The van der Waals surface area contributed by atoms with Crippen LogP contribution in [0.1, 0.15) is 41.3 Å². The number of rotatable bonds is 7. The third-order valence-electron chi connectivity index (χ3n) is 3.95. The van der Waals surface area contributed by atoms with E-state index in [2.05, 4.69) is 13.8 Å². The smallest absolute Gasteiger partial charge is 0.339 e. The molecule has 2 aromatic rings. The first kappa shape index (κ1) is 20.0. The molecule has 0 aliphatic heterocycles. The monoisotopic (exact) mass is 376 g/mol. The number of sulfone groups is 1. The summed E-state index contributed by atoms with van der Waals surface area (Å²) in [5.41, 5.74) is 2.45. The average molecular weight is 376 g/mol. The van der Waals surface area contributed by atoms with E-state index < -0.39 is 15.8 Å². The standard InChI is InChI=1S/C20H24O5S/c1-14(2)17-10-9-16(13-15(17)3)24-11-12-25-20(21)18-7-5-6-8-19(18)26(4,22)23/h5-10,13-14H,11-12H2,1-4H3. The molecule has 26 heavy (non-hydrogen) atoms. The Kier molecular flexibility index (Phi) is 6.42. The molecule has 5 nitrogen and oxygen atoms in total. The lowest BCUT2D eigenvalue weighted by Gasteiger charge is -2.13. The minimum Gasteiger partial charge on any atom is -0.490 e. The number of carbonyl (C=O) groups excluding carboxylic acids is 1. The van der Waals surface area contributed by atoms with E-state index in [4.69, 9.17) is 9.47 Å². The molecule has 0 atom stereocenters. The second kappa shape index (κ2) is 8.36. The lowest BCUT2D eigenvalue weighted by Crippen LogP contribution is -2.15. The number of benzene rings is 2. The number of carbonyl (C=O) groups is 1. The van der Waals surface area contributed by atoms with Crippen molar-refractivity contribution >= 4 is 15.8 Å². The minimum atomic E-state index is -3.50. The van der Waals surface area contributed by atoms with E-state index in [1.807, 2.05) is 25.1 Å². The molecule has 0 fully saturated rings. The second-order valence-corrected chi connectivity index (χ2v) is 8.41. The summed E-state index contributed by atoms with van der Waals surface area (Å²) in [6, 6.07) is 11.9. The maximum absolute atomic E-state index is 12.2. The molecular formula is C20H24O5S. The SMILES string of the molecule is Cc1cc(OCCOC(=O)c2ccccc2S(C)(=O)=O)ccc1C(C)C. The highest BCUT2D eigenvalue weighted by molar-refractivity contribution is 7.90. The Labute approximate surface area is 154 Å². The summed E-state index contributed by atoms with van der Waals surface area (Å²) in [5, 5.41) is 0. The number of hydrogen-bond donors (Lipinski definition) is 0. The Hall–Kier alpha value is -2.34. The molecule has 0 aliphatic carbocycles. The Morgan fingerprint density at radius 2 is 1.77 bits per heavy atom. The summed E-state index contributed by atoms with van der Waals surface area (Å²) < 4.78 is 34.3. The van der Waals surface area contributed by atoms with E-state index in [9.17, 15) is 13.2 Å². The molecule has 140 valence electrons. The Balaban J connectivity index is 1.93. The van der Waals surface area contributed by atoms with E-state index in [-0.39, 0.29) is 23.7 Å². The van der Waals surface area contributed by atoms with Gasteiger partial charge in [-0.15, -0.1) is 0 Å². The third kappa shape index (κ3) is 5.08. The van der Waals surface area contributed by atoms with Crippen LogP contribution in [0.15, 0.2) is 47.4 Å². The second-order valence-electron chi connectivity index (χ2n) is 6.43. The van der Waals surface area contributed by atoms with Gasteiger partial charge in [0.25, 0.3) is 0 Å². The van der Waals surface area contributed by atoms with Gasteiger partial charge in [-0.05, 0) is 48.2 Å². The average Bonchev–Trinajstić information content (AvgIpc) is 2.57. The zero-order chi connectivity index (χ0) is 19.3. The van der Waals surface area contributed by atoms with E-state index in [1.165, 1.54) is 17.7 Å². The Morgan fingerprint density at radius 1 is 1.08 bits per heavy atom. The molecule has 0 amide bonds. The maximum atomic E-state index is 12.2. The van der Waals surface area contributed by atoms with E-state index in [0.29, 0.717) is 11.7 Å². The number of aryl methyl sites for hydroxylation is 1. The topological polar surface area (TPSA) is 69.7 Å². The first-order valence-electron chi connectivity index (χ1n) is 8.39. The van der Waals surface area contributed by atoms with Gasteiger partial charge in [0.15, 0.2) is 9.84 Å². The maximum Gasteiger partial charge on any atom is 0.339 e. The van der Waals surface area contributed by atoms with Gasteiger partial charge in [-0.25, -0.2) is 13.2 Å². The van der Waals surface area contributed by atoms with Crippen LogP contribution in [0.2, 0.25) is 0 Å². The summed E-state index contributed by atoms with van der Waals surface area (Å²) in [6.45, 7) is 6.52. The van der Waals surface area contributed by atoms with Gasteiger partial charge in [-0.1, -0.05) is 32.0 Å². The summed E-state index contributed by atoms with van der Waals surface area (Å²) >= 11 is 0. The van der Waals surface area contributed by atoms with Gasteiger partial charge in [0.1, 0.15) is 19.0 Å². The van der Waals surface area contributed by atoms with Gasteiger partial charge in [0, 0.05) is 6.26 Å². The Bertz CT molecular complexity index is 885. The fraction of sp³-hybridized carbons (Fsp3) is 0.350. The summed E-state index contributed by atoms with van der Waals surface area (Å²) in [5.74, 6) is 0.473. The zero-order valence-electron chi connectivity index (χ0n) is 15.5. The van der Waals surface area contributed by atoms with E-state index >= 15 is 0 Å². The number of ether oxygens (including phenoxy) is 2. The molecule has 0 saturated carbocycles. The molecule has 0 aromatic heterocycles. The number of esters is 1. The molecule has 0 N–H and O–H groups in total. The summed E-state index contributed by atoms with van der Waals surface area (Å²) in [4.78, 5) is 12.1. The van der Waals surface area contributed by atoms with Crippen molar-refractivity contribution in [3.05, 3.63) is 59.2 Å². The molecule has 0 unspecified atom stereocenters. The number of hydrogen-bond acceptors (Lipinski definition) is 5. The van der Waals surface area contributed by atoms with E-state index in [0.717, 1.165) is 11.8 Å². The predicted octanol–water partition coefficient (Wildman–Crippen LogP) is 3.76. The van der Waals surface area contributed by atoms with Gasteiger partial charge in [0.2, 0.25) is 0 Å². The van der Waals surface area contributed by atoms with Crippen LogP contribution in [0.3, 0.4) is 0 Å². The van der Waals surface area contributed by atoms with Gasteiger partial charge < -0.3 is 9.47 Å². The van der Waals surface area contributed by atoms with Crippen LogP contribution in [-0.2, 0) is 14.6 Å². The van der Waals surface area contributed by atoms with Crippen LogP contribution < -0.4 is 4.74 Å². The lowest BCUT2D eigenvalue weighted by atomic mass is 9.98. The highest BCUT2D eigenvalue weighted by Crippen LogP contribution is 2.23. The fourth-order valence-corrected chi connectivity index (χ4v) is 3.59. The molecule has 0 heterocycles. The minimum absolute atomic E-state index is 0.0297. The first-order valence-corrected chi connectivity index (χ1v) is 10.3. The van der Waals surface area contributed by atoms with Crippen molar-refractivity contribution in [2.24, 2.45) is 0 Å². The van der Waals surface area contributed by atoms with Crippen LogP contribution in [-0.4, -0.2) is 33.9 Å². The summed E-state index contributed by atoms with van der Waals surface area (Å²) in [7, 11) is -3.50. The van der Waals surface area contributed by atoms with Crippen molar-refractivity contribution < 1.29 is 22.7 Å². The van der Waals surface area contributed by atoms with Crippen LogP contribution in [0.5, 0.6) is 5.75 Å². The molecular weight excluding hydrogens is 352 g/mol.